The minimum absolute atomic E-state index is 0.396. The molecule has 3 nitrogen and oxygen atoms in total. The van der Waals surface area contributed by atoms with E-state index in [4.69, 9.17) is 5.73 Å². The van der Waals surface area contributed by atoms with E-state index in [9.17, 15) is 0 Å². The van der Waals surface area contributed by atoms with Gasteiger partial charge in [-0.15, -0.1) is 0 Å². The number of pyridine rings is 1. The highest BCUT2D eigenvalue weighted by Crippen LogP contribution is 2.29. The van der Waals surface area contributed by atoms with Crippen LogP contribution in [0.15, 0.2) is 18.3 Å². The summed E-state index contributed by atoms with van der Waals surface area (Å²) in [6.07, 6.45) is 2.76. The molecule has 2 N–H and O–H groups in total. The van der Waals surface area contributed by atoms with Crippen LogP contribution in [0.1, 0.15) is 19.5 Å². The predicted molar refractivity (Wildman–Crippen MR) is 75.3 cm³/mol. The quantitative estimate of drug-likeness (QED) is 0.892. The van der Waals surface area contributed by atoms with E-state index < -0.39 is 0 Å². The van der Waals surface area contributed by atoms with E-state index in [1.807, 2.05) is 12.1 Å². The molecule has 1 fully saturated rings. The molecule has 1 aliphatic heterocycles. The first-order valence-electron chi connectivity index (χ1n) is 6.12. The van der Waals surface area contributed by atoms with Gasteiger partial charge < -0.3 is 10.6 Å². The van der Waals surface area contributed by atoms with Crippen molar-refractivity contribution >= 4 is 17.4 Å². The van der Waals surface area contributed by atoms with Crippen LogP contribution in [0.5, 0.6) is 0 Å². The standard InChI is InChI=1S/C13H21N3S/c1-13(2)10-16(7-8-17-13)6-5-12-4-3-11(14)9-15-12/h3-4,9H,5-8,10,14H2,1-2H3. The van der Waals surface area contributed by atoms with Gasteiger partial charge in [0.1, 0.15) is 0 Å². The third-order valence-corrected chi connectivity index (χ3v) is 4.33. The van der Waals surface area contributed by atoms with Crippen molar-refractivity contribution in [1.82, 2.24) is 9.88 Å². The molecule has 1 aromatic rings. The highest BCUT2D eigenvalue weighted by Gasteiger charge is 2.26. The molecular weight excluding hydrogens is 230 g/mol. The molecule has 1 saturated heterocycles. The molecule has 0 amide bonds. The Kier molecular flexibility index (Phi) is 3.94. The van der Waals surface area contributed by atoms with E-state index in [1.165, 1.54) is 18.8 Å². The van der Waals surface area contributed by atoms with E-state index in [1.54, 1.807) is 6.20 Å². The van der Waals surface area contributed by atoms with Crippen molar-refractivity contribution in [3.05, 3.63) is 24.0 Å². The zero-order valence-electron chi connectivity index (χ0n) is 10.6. The van der Waals surface area contributed by atoms with Gasteiger partial charge in [0.15, 0.2) is 0 Å². The van der Waals surface area contributed by atoms with E-state index in [-0.39, 0.29) is 0 Å². The molecule has 2 rings (SSSR count). The van der Waals surface area contributed by atoms with Crippen molar-refractivity contribution in [1.29, 1.82) is 0 Å². The Morgan fingerprint density at radius 3 is 2.94 bits per heavy atom. The van der Waals surface area contributed by atoms with Crippen molar-refractivity contribution < 1.29 is 0 Å². The molecule has 94 valence electrons. The molecule has 4 heteroatoms. The molecule has 0 aliphatic carbocycles. The van der Waals surface area contributed by atoms with Crippen LogP contribution < -0.4 is 5.73 Å². The summed E-state index contributed by atoms with van der Waals surface area (Å²) in [6, 6.07) is 3.96. The summed E-state index contributed by atoms with van der Waals surface area (Å²) in [5.41, 5.74) is 7.50. The van der Waals surface area contributed by atoms with Gasteiger partial charge in [0.2, 0.25) is 0 Å². The summed E-state index contributed by atoms with van der Waals surface area (Å²) in [7, 11) is 0. The molecule has 0 aromatic carbocycles. The van der Waals surface area contributed by atoms with Crippen molar-refractivity contribution in [2.24, 2.45) is 0 Å². The number of nitrogens with zero attached hydrogens (tertiary/aromatic N) is 2. The maximum atomic E-state index is 5.63. The Balaban J connectivity index is 1.84. The summed E-state index contributed by atoms with van der Waals surface area (Å²) in [5, 5.41) is 0. The van der Waals surface area contributed by atoms with Crippen molar-refractivity contribution in [2.75, 3.05) is 31.1 Å². The van der Waals surface area contributed by atoms with E-state index in [0.717, 1.165) is 24.3 Å². The van der Waals surface area contributed by atoms with Gasteiger partial charge in [-0.3, -0.25) is 4.98 Å². The highest BCUT2D eigenvalue weighted by molar-refractivity contribution is 8.00. The van der Waals surface area contributed by atoms with Crippen LogP contribution in [0.4, 0.5) is 5.69 Å². The first kappa shape index (κ1) is 12.7. The average molecular weight is 251 g/mol. The number of rotatable bonds is 3. The normalized spacial score (nSPS) is 20.4. The molecule has 1 aromatic heterocycles. The highest BCUT2D eigenvalue weighted by atomic mass is 32.2. The van der Waals surface area contributed by atoms with E-state index in [2.05, 4.69) is 35.5 Å². The van der Waals surface area contributed by atoms with E-state index in [0.29, 0.717) is 4.75 Å². The third-order valence-electron chi connectivity index (χ3n) is 3.04. The summed E-state index contributed by atoms with van der Waals surface area (Å²) in [4.78, 5) is 6.88. The monoisotopic (exact) mass is 251 g/mol. The van der Waals surface area contributed by atoms with Crippen molar-refractivity contribution in [3.8, 4) is 0 Å². The fourth-order valence-corrected chi connectivity index (χ4v) is 3.34. The SMILES string of the molecule is CC1(C)CN(CCc2ccc(N)cn2)CCS1. The lowest BCUT2D eigenvalue weighted by Gasteiger charge is -2.37. The van der Waals surface area contributed by atoms with Crippen LogP contribution in [0.25, 0.3) is 0 Å². The summed E-state index contributed by atoms with van der Waals surface area (Å²) in [6.45, 7) is 8.12. The van der Waals surface area contributed by atoms with Gasteiger partial charge >= 0.3 is 0 Å². The summed E-state index contributed by atoms with van der Waals surface area (Å²) < 4.78 is 0.396. The molecule has 0 bridgehead atoms. The van der Waals surface area contributed by atoms with Crippen LogP contribution >= 0.6 is 11.8 Å². The molecule has 1 aliphatic rings. The number of hydrogen-bond donors (Lipinski definition) is 1. The number of nitrogen functional groups attached to an aromatic ring is 1. The smallest absolute Gasteiger partial charge is 0.0501 e. The molecule has 0 saturated carbocycles. The van der Waals surface area contributed by atoms with Gasteiger partial charge in [-0.05, 0) is 26.0 Å². The number of hydrogen-bond acceptors (Lipinski definition) is 4. The maximum absolute atomic E-state index is 5.63. The fraction of sp³-hybridized carbons (Fsp3) is 0.615. The zero-order valence-corrected chi connectivity index (χ0v) is 11.5. The van der Waals surface area contributed by atoms with Crippen molar-refractivity contribution in [2.45, 2.75) is 25.0 Å². The molecular formula is C13H21N3S. The minimum atomic E-state index is 0.396. The van der Waals surface area contributed by atoms with Gasteiger partial charge in [0, 0.05) is 42.2 Å². The Labute approximate surface area is 108 Å². The third kappa shape index (κ3) is 3.89. The Morgan fingerprint density at radius 2 is 2.29 bits per heavy atom. The Hall–Kier alpha value is -0.740. The van der Waals surface area contributed by atoms with Crippen LogP contribution in [0, 0.1) is 0 Å². The Bertz CT molecular complexity index is 361. The number of thioether (sulfide) groups is 1. The molecule has 17 heavy (non-hydrogen) atoms. The zero-order chi connectivity index (χ0) is 12.3. The number of nitrogens with two attached hydrogens (primary N) is 1. The molecule has 0 unspecified atom stereocenters. The van der Waals surface area contributed by atoms with Crippen LogP contribution in [0.3, 0.4) is 0 Å². The number of anilines is 1. The van der Waals surface area contributed by atoms with Gasteiger partial charge in [-0.25, -0.2) is 0 Å². The van der Waals surface area contributed by atoms with Crippen LogP contribution in [-0.4, -0.2) is 40.0 Å². The molecule has 2 heterocycles. The summed E-state index contributed by atoms with van der Waals surface area (Å²) in [5.74, 6) is 1.24. The lowest BCUT2D eigenvalue weighted by Crippen LogP contribution is -2.43. The van der Waals surface area contributed by atoms with Gasteiger partial charge in [0.25, 0.3) is 0 Å². The molecule has 0 radical (unpaired) electrons. The predicted octanol–water partition coefficient (Wildman–Crippen LogP) is 2.03. The Morgan fingerprint density at radius 1 is 1.47 bits per heavy atom. The van der Waals surface area contributed by atoms with Crippen molar-refractivity contribution in [3.63, 3.8) is 0 Å². The molecule has 0 spiro atoms. The summed E-state index contributed by atoms with van der Waals surface area (Å²) >= 11 is 2.07. The second-order valence-electron chi connectivity index (χ2n) is 5.22. The van der Waals surface area contributed by atoms with Crippen LogP contribution in [0.2, 0.25) is 0 Å². The second-order valence-corrected chi connectivity index (χ2v) is 7.02. The molecule has 0 atom stereocenters. The van der Waals surface area contributed by atoms with E-state index >= 15 is 0 Å². The lowest BCUT2D eigenvalue weighted by atomic mass is 10.1. The first-order chi connectivity index (χ1) is 8.05. The van der Waals surface area contributed by atoms with Gasteiger partial charge in [-0.1, -0.05) is 0 Å². The van der Waals surface area contributed by atoms with Gasteiger partial charge in [0.05, 0.1) is 11.9 Å². The fourth-order valence-electron chi connectivity index (χ4n) is 2.16. The topological polar surface area (TPSA) is 42.1 Å². The average Bonchev–Trinajstić information content (AvgIpc) is 2.27. The maximum Gasteiger partial charge on any atom is 0.0501 e. The minimum Gasteiger partial charge on any atom is -0.397 e. The van der Waals surface area contributed by atoms with Gasteiger partial charge in [-0.2, -0.15) is 11.8 Å². The lowest BCUT2D eigenvalue weighted by molar-refractivity contribution is 0.263. The van der Waals surface area contributed by atoms with Crippen LogP contribution in [-0.2, 0) is 6.42 Å². The first-order valence-corrected chi connectivity index (χ1v) is 7.10. The largest absolute Gasteiger partial charge is 0.397 e. The number of aromatic nitrogens is 1. The second kappa shape index (κ2) is 5.27.